The Morgan fingerprint density at radius 2 is 1.96 bits per heavy atom. The summed E-state index contributed by atoms with van der Waals surface area (Å²) >= 11 is 1.51. The predicted octanol–water partition coefficient (Wildman–Crippen LogP) is 2.93. The van der Waals surface area contributed by atoms with Gasteiger partial charge in [0.1, 0.15) is 0 Å². The largest absolute Gasteiger partial charge is 0.334 e. The fraction of sp³-hybridized carbons (Fsp3) is 0.222. The van der Waals surface area contributed by atoms with Crippen molar-refractivity contribution in [1.82, 2.24) is 4.90 Å². The molecule has 2 aliphatic heterocycles. The zero-order valence-electron chi connectivity index (χ0n) is 12.5. The molecule has 2 amide bonds. The van der Waals surface area contributed by atoms with E-state index in [-0.39, 0.29) is 11.8 Å². The average molecular weight is 324 g/mol. The average Bonchev–Trinajstić information content (AvgIpc) is 2.60. The number of nitrogens with zero attached hydrogens (tertiary/aromatic N) is 1. The van der Waals surface area contributed by atoms with Crippen LogP contribution in [-0.4, -0.2) is 29.0 Å². The zero-order valence-corrected chi connectivity index (χ0v) is 13.4. The summed E-state index contributed by atoms with van der Waals surface area (Å²) in [5.74, 6) is 0.439. The van der Waals surface area contributed by atoms with Crippen LogP contribution in [0.3, 0.4) is 0 Å². The maximum absolute atomic E-state index is 12.8. The first kappa shape index (κ1) is 14.3. The number of carbonyl (C=O) groups excluding carboxylic acids is 2. The Kier molecular flexibility index (Phi) is 3.58. The third kappa shape index (κ3) is 2.72. The molecule has 0 atom stereocenters. The normalized spacial score (nSPS) is 16.3. The Morgan fingerprint density at radius 1 is 1.13 bits per heavy atom. The van der Waals surface area contributed by atoms with Crippen molar-refractivity contribution in [3.05, 3.63) is 59.2 Å². The number of thioether (sulfide) groups is 1. The highest BCUT2D eigenvalue weighted by atomic mass is 32.2. The summed E-state index contributed by atoms with van der Waals surface area (Å²) in [5, 5.41) is 2.84. The number of rotatable bonds is 1. The third-order valence-electron chi connectivity index (χ3n) is 4.28. The number of anilines is 1. The van der Waals surface area contributed by atoms with Gasteiger partial charge < -0.3 is 10.2 Å². The molecule has 2 aromatic carbocycles. The first-order valence-electron chi connectivity index (χ1n) is 7.63. The van der Waals surface area contributed by atoms with Crippen molar-refractivity contribution in [2.24, 2.45) is 0 Å². The quantitative estimate of drug-likeness (QED) is 0.877. The van der Waals surface area contributed by atoms with Crippen LogP contribution in [0.4, 0.5) is 5.69 Å². The smallest absolute Gasteiger partial charge is 0.254 e. The van der Waals surface area contributed by atoms with E-state index in [0.717, 1.165) is 23.5 Å². The van der Waals surface area contributed by atoms with Gasteiger partial charge in [0.15, 0.2) is 0 Å². The number of fused-ring (bicyclic) bond motifs is 2. The molecular weight excluding hydrogens is 308 g/mol. The van der Waals surface area contributed by atoms with Crippen LogP contribution in [0.1, 0.15) is 21.5 Å². The van der Waals surface area contributed by atoms with Crippen molar-refractivity contribution in [3.63, 3.8) is 0 Å². The fourth-order valence-corrected chi connectivity index (χ4v) is 3.86. The molecule has 0 spiro atoms. The molecule has 0 saturated heterocycles. The van der Waals surface area contributed by atoms with E-state index >= 15 is 0 Å². The molecule has 0 radical (unpaired) electrons. The fourth-order valence-electron chi connectivity index (χ4n) is 3.07. The summed E-state index contributed by atoms with van der Waals surface area (Å²) in [6.07, 6.45) is 0.888. The van der Waals surface area contributed by atoms with Gasteiger partial charge in [-0.1, -0.05) is 24.3 Å². The summed E-state index contributed by atoms with van der Waals surface area (Å²) < 4.78 is 0. The van der Waals surface area contributed by atoms with E-state index in [1.807, 2.05) is 29.2 Å². The van der Waals surface area contributed by atoms with Gasteiger partial charge in [-0.3, -0.25) is 9.59 Å². The molecule has 0 bridgehead atoms. The Labute approximate surface area is 138 Å². The molecule has 0 unspecified atom stereocenters. The molecule has 2 aliphatic rings. The summed E-state index contributed by atoms with van der Waals surface area (Å²) in [5.41, 5.74) is 3.92. The number of nitrogens with one attached hydrogen (secondary N) is 1. The van der Waals surface area contributed by atoms with Crippen LogP contribution >= 0.6 is 11.8 Å². The molecule has 2 aromatic rings. The molecule has 1 N–H and O–H groups in total. The lowest BCUT2D eigenvalue weighted by molar-refractivity contribution is -0.113. The monoisotopic (exact) mass is 324 g/mol. The highest BCUT2D eigenvalue weighted by Crippen LogP contribution is 2.32. The van der Waals surface area contributed by atoms with Gasteiger partial charge in [0.25, 0.3) is 5.91 Å². The summed E-state index contributed by atoms with van der Waals surface area (Å²) in [4.78, 5) is 27.2. The van der Waals surface area contributed by atoms with Gasteiger partial charge in [-0.05, 0) is 35.7 Å². The van der Waals surface area contributed by atoms with Gasteiger partial charge in [-0.15, -0.1) is 11.8 Å². The summed E-state index contributed by atoms with van der Waals surface area (Å²) in [7, 11) is 0. The first-order chi connectivity index (χ1) is 11.2. The van der Waals surface area contributed by atoms with E-state index in [1.54, 1.807) is 6.07 Å². The van der Waals surface area contributed by atoms with Crippen LogP contribution in [0.5, 0.6) is 0 Å². The van der Waals surface area contributed by atoms with E-state index < -0.39 is 0 Å². The van der Waals surface area contributed by atoms with Crippen LogP contribution < -0.4 is 5.32 Å². The van der Waals surface area contributed by atoms with E-state index in [0.29, 0.717) is 17.9 Å². The molecule has 0 saturated carbocycles. The van der Waals surface area contributed by atoms with Crippen molar-refractivity contribution < 1.29 is 9.59 Å². The van der Waals surface area contributed by atoms with Crippen molar-refractivity contribution in [2.75, 3.05) is 17.6 Å². The topological polar surface area (TPSA) is 49.4 Å². The molecule has 116 valence electrons. The van der Waals surface area contributed by atoms with Gasteiger partial charge in [-0.25, -0.2) is 0 Å². The molecule has 4 nitrogen and oxygen atoms in total. The van der Waals surface area contributed by atoms with Crippen LogP contribution in [0.25, 0.3) is 0 Å². The van der Waals surface area contributed by atoms with Crippen LogP contribution in [0, 0.1) is 0 Å². The Balaban J connectivity index is 1.58. The molecule has 2 heterocycles. The summed E-state index contributed by atoms with van der Waals surface area (Å²) in [6.45, 7) is 1.38. The number of hydrogen-bond acceptors (Lipinski definition) is 3. The zero-order chi connectivity index (χ0) is 15.8. The van der Waals surface area contributed by atoms with Gasteiger partial charge in [0, 0.05) is 23.5 Å². The van der Waals surface area contributed by atoms with E-state index in [4.69, 9.17) is 0 Å². The second-order valence-corrected chi connectivity index (χ2v) is 6.81. The number of amides is 2. The second-order valence-electron chi connectivity index (χ2n) is 5.79. The summed E-state index contributed by atoms with van der Waals surface area (Å²) in [6, 6.07) is 13.8. The highest BCUT2D eigenvalue weighted by molar-refractivity contribution is 8.00. The molecular formula is C18H16N2O2S. The molecule has 23 heavy (non-hydrogen) atoms. The minimum Gasteiger partial charge on any atom is -0.334 e. The molecule has 0 fully saturated rings. The highest BCUT2D eigenvalue weighted by Gasteiger charge is 2.23. The van der Waals surface area contributed by atoms with E-state index in [1.165, 1.54) is 22.9 Å². The maximum Gasteiger partial charge on any atom is 0.254 e. The Morgan fingerprint density at radius 3 is 2.83 bits per heavy atom. The molecule has 0 aliphatic carbocycles. The number of carbonyl (C=O) groups is 2. The van der Waals surface area contributed by atoms with E-state index in [2.05, 4.69) is 17.4 Å². The van der Waals surface area contributed by atoms with Crippen molar-refractivity contribution in [3.8, 4) is 0 Å². The van der Waals surface area contributed by atoms with Gasteiger partial charge in [0.05, 0.1) is 11.4 Å². The minimum absolute atomic E-state index is 0.0148. The van der Waals surface area contributed by atoms with Gasteiger partial charge in [0.2, 0.25) is 5.91 Å². The molecule has 4 rings (SSSR count). The standard InChI is InChI=1S/C18H16N2O2S/c21-17-11-23-16-6-5-13(9-15(16)19-17)18(22)20-8-7-12-3-1-2-4-14(12)10-20/h1-6,9H,7-8,10-11H2,(H,19,21). The van der Waals surface area contributed by atoms with Crippen molar-refractivity contribution in [2.45, 2.75) is 17.9 Å². The predicted molar refractivity (Wildman–Crippen MR) is 90.7 cm³/mol. The molecule has 5 heteroatoms. The third-order valence-corrected chi connectivity index (χ3v) is 5.35. The lowest BCUT2D eigenvalue weighted by Gasteiger charge is -2.29. The second kappa shape index (κ2) is 5.74. The van der Waals surface area contributed by atoms with Gasteiger partial charge >= 0.3 is 0 Å². The number of benzene rings is 2. The van der Waals surface area contributed by atoms with Crippen LogP contribution in [-0.2, 0) is 17.8 Å². The van der Waals surface area contributed by atoms with Crippen molar-refractivity contribution >= 4 is 29.3 Å². The Hall–Kier alpha value is -2.27. The SMILES string of the molecule is O=C1CSc2ccc(C(=O)N3CCc4ccccc4C3)cc2N1. The van der Waals surface area contributed by atoms with Crippen LogP contribution in [0.2, 0.25) is 0 Å². The van der Waals surface area contributed by atoms with Crippen LogP contribution in [0.15, 0.2) is 47.4 Å². The number of hydrogen-bond donors (Lipinski definition) is 1. The maximum atomic E-state index is 12.8. The van der Waals surface area contributed by atoms with Gasteiger partial charge in [-0.2, -0.15) is 0 Å². The van der Waals surface area contributed by atoms with Crippen molar-refractivity contribution in [1.29, 1.82) is 0 Å². The minimum atomic E-state index is -0.0148. The Bertz CT molecular complexity index is 803. The van der Waals surface area contributed by atoms with E-state index in [9.17, 15) is 9.59 Å². The lowest BCUT2D eigenvalue weighted by Crippen LogP contribution is -2.36. The molecule has 0 aromatic heterocycles. The lowest BCUT2D eigenvalue weighted by atomic mass is 9.99. The first-order valence-corrected chi connectivity index (χ1v) is 8.62.